The van der Waals surface area contributed by atoms with E-state index in [1.54, 1.807) is 12.1 Å². The van der Waals surface area contributed by atoms with E-state index < -0.39 is 5.82 Å². The molecule has 0 bridgehead atoms. The second kappa shape index (κ2) is 8.20. The number of rotatable bonds is 4. The molecule has 29 heavy (non-hydrogen) atoms. The SMILES string of the molecule is [B]c1cc(F)cc(NC(C)c2cc(Br)cc3c(=O)cc(N4CCOCC4)oc23)c1. The Morgan fingerprint density at radius 2 is 1.93 bits per heavy atom. The van der Waals surface area contributed by atoms with E-state index in [1.807, 2.05) is 17.9 Å². The van der Waals surface area contributed by atoms with Gasteiger partial charge in [-0.05, 0) is 37.3 Å². The first-order valence-electron chi connectivity index (χ1n) is 9.33. The van der Waals surface area contributed by atoms with Crippen LogP contribution in [0.3, 0.4) is 0 Å². The highest BCUT2D eigenvalue weighted by atomic mass is 79.9. The molecule has 0 saturated carbocycles. The molecule has 1 N–H and O–H groups in total. The molecule has 0 spiro atoms. The average Bonchev–Trinajstić information content (AvgIpc) is 2.67. The van der Waals surface area contributed by atoms with Gasteiger partial charge in [0, 0.05) is 34.9 Å². The van der Waals surface area contributed by atoms with Crippen molar-refractivity contribution in [3.8, 4) is 0 Å². The fraction of sp³-hybridized carbons (Fsp3) is 0.286. The van der Waals surface area contributed by atoms with Gasteiger partial charge in [-0.25, -0.2) is 4.39 Å². The summed E-state index contributed by atoms with van der Waals surface area (Å²) >= 11 is 3.47. The Morgan fingerprint density at radius 1 is 1.17 bits per heavy atom. The molecule has 1 unspecified atom stereocenters. The van der Waals surface area contributed by atoms with Crippen molar-refractivity contribution in [2.45, 2.75) is 13.0 Å². The predicted octanol–water partition coefficient (Wildman–Crippen LogP) is 3.50. The number of nitrogens with zero attached hydrogens (tertiary/aromatic N) is 1. The fourth-order valence-electron chi connectivity index (χ4n) is 3.52. The van der Waals surface area contributed by atoms with Crippen LogP contribution in [-0.2, 0) is 4.74 Å². The van der Waals surface area contributed by atoms with Crippen LogP contribution in [-0.4, -0.2) is 34.1 Å². The van der Waals surface area contributed by atoms with Gasteiger partial charge >= 0.3 is 0 Å². The van der Waals surface area contributed by atoms with Gasteiger partial charge in [0.2, 0.25) is 0 Å². The summed E-state index contributed by atoms with van der Waals surface area (Å²) in [6, 6.07) is 9.21. The highest BCUT2D eigenvalue weighted by Crippen LogP contribution is 2.31. The first-order chi connectivity index (χ1) is 13.9. The molecule has 1 atom stereocenters. The maximum atomic E-state index is 13.7. The van der Waals surface area contributed by atoms with E-state index in [9.17, 15) is 9.18 Å². The minimum Gasteiger partial charge on any atom is -0.440 e. The van der Waals surface area contributed by atoms with Gasteiger partial charge in [-0.15, -0.1) is 0 Å². The standard InChI is InChI=1S/C21H19BBrFN2O3/c1-12(25-16-7-13(22)6-15(24)10-16)17-8-14(23)9-18-19(27)11-20(29-21(17)18)26-2-4-28-5-3-26/h6-12,25H,2-5H2,1H3. The third-order valence-corrected chi connectivity index (χ3v) is 5.36. The Morgan fingerprint density at radius 3 is 2.66 bits per heavy atom. The molecule has 1 aliphatic heterocycles. The number of anilines is 2. The van der Waals surface area contributed by atoms with Crippen LogP contribution in [0.5, 0.6) is 0 Å². The van der Waals surface area contributed by atoms with Crippen LogP contribution in [0.25, 0.3) is 11.0 Å². The summed E-state index contributed by atoms with van der Waals surface area (Å²) in [5.41, 5.74) is 2.06. The van der Waals surface area contributed by atoms with Crippen molar-refractivity contribution in [2.24, 2.45) is 0 Å². The molecule has 2 aromatic carbocycles. The zero-order valence-corrected chi connectivity index (χ0v) is 17.5. The van der Waals surface area contributed by atoms with Gasteiger partial charge in [0.1, 0.15) is 19.2 Å². The molecule has 148 valence electrons. The molecule has 0 aliphatic carbocycles. The van der Waals surface area contributed by atoms with E-state index in [0.29, 0.717) is 54.3 Å². The quantitative estimate of drug-likeness (QED) is 0.609. The number of halogens is 2. The molecule has 3 aromatic rings. The molecular weight excluding hydrogens is 438 g/mol. The van der Waals surface area contributed by atoms with Crippen molar-refractivity contribution in [3.63, 3.8) is 0 Å². The zero-order chi connectivity index (χ0) is 20.5. The second-order valence-electron chi connectivity index (χ2n) is 7.06. The fourth-order valence-corrected chi connectivity index (χ4v) is 4.00. The van der Waals surface area contributed by atoms with Crippen molar-refractivity contribution < 1.29 is 13.5 Å². The van der Waals surface area contributed by atoms with Crippen LogP contribution >= 0.6 is 15.9 Å². The Hall–Kier alpha value is -2.32. The van der Waals surface area contributed by atoms with Crippen molar-refractivity contribution in [2.75, 3.05) is 36.5 Å². The second-order valence-corrected chi connectivity index (χ2v) is 7.97. The van der Waals surface area contributed by atoms with E-state index in [0.717, 1.165) is 10.0 Å². The summed E-state index contributed by atoms with van der Waals surface area (Å²) in [7, 11) is 5.75. The van der Waals surface area contributed by atoms with Crippen LogP contribution in [0.2, 0.25) is 0 Å². The van der Waals surface area contributed by atoms with E-state index in [4.69, 9.17) is 17.0 Å². The molecule has 8 heteroatoms. The van der Waals surface area contributed by atoms with Gasteiger partial charge in [0.15, 0.2) is 11.3 Å². The molecule has 5 nitrogen and oxygen atoms in total. The summed E-state index contributed by atoms with van der Waals surface area (Å²) in [5, 5.41) is 3.73. The van der Waals surface area contributed by atoms with Crippen LogP contribution in [0.4, 0.5) is 16.0 Å². The molecule has 2 radical (unpaired) electrons. The van der Waals surface area contributed by atoms with E-state index in [2.05, 4.69) is 21.2 Å². The van der Waals surface area contributed by atoms with Crippen molar-refractivity contribution >= 4 is 51.8 Å². The van der Waals surface area contributed by atoms with E-state index in [1.165, 1.54) is 18.2 Å². The van der Waals surface area contributed by atoms with E-state index >= 15 is 0 Å². The van der Waals surface area contributed by atoms with Crippen LogP contribution in [0, 0.1) is 5.82 Å². The highest BCUT2D eigenvalue weighted by molar-refractivity contribution is 9.10. The molecule has 4 rings (SSSR count). The number of ether oxygens (including phenoxy) is 1. The van der Waals surface area contributed by atoms with Gasteiger partial charge in [-0.1, -0.05) is 21.4 Å². The molecule has 1 aromatic heterocycles. The number of benzene rings is 2. The number of fused-ring (bicyclic) bond motifs is 1. The molecular formula is C21H19BBrFN2O3. The Bertz CT molecular complexity index is 1090. The largest absolute Gasteiger partial charge is 0.440 e. The summed E-state index contributed by atoms with van der Waals surface area (Å²) in [6.45, 7) is 4.43. The summed E-state index contributed by atoms with van der Waals surface area (Å²) in [4.78, 5) is 14.8. The molecule has 2 heterocycles. The van der Waals surface area contributed by atoms with Crippen molar-refractivity contribution in [1.29, 1.82) is 0 Å². The molecule has 0 amide bonds. The van der Waals surface area contributed by atoms with Crippen LogP contribution in [0.1, 0.15) is 18.5 Å². The van der Waals surface area contributed by atoms with Crippen LogP contribution in [0.15, 0.2) is 50.1 Å². The van der Waals surface area contributed by atoms with Gasteiger partial charge in [0.25, 0.3) is 0 Å². The average molecular weight is 457 g/mol. The topological polar surface area (TPSA) is 54.7 Å². The monoisotopic (exact) mass is 456 g/mol. The zero-order valence-electron chi connectivity index (χ0n) is 15.9. The number of nitrogens with one attached hydrogen (secondary N) is 1. The number of hydrogen-bond donors (Lipinski definition) is 1. The Kier molecular flexibility index (Phi) is 5.65. The van der Waals surface area contributed by atoms with Gasteiger partial charge < -0.3 is 19.4 Å². The Balaban J connectivity index is 1.77. The maximum Gasteiger partial charge on any atom is 0.200 e. The third-order valence-electron chi connectivity index (χ3n) is 4.90. The minimum atomic E-state index is -0.417. The first-order valence-corrected chi connectivity index (χ1v) is 10.1. The number of hydrogen-bond acceptors (Lipinski definition) is 5. The summed E-state index contributed by atoms with van der Waals surface area (Å²) < 4.78 is 26.0. The van der Waals surface area contributed by atoms with Crippen molar-refractivity contribution in [1.82, 2.24) is 0 Å². The van der Waals surface area contributed by atoms with Gasteiger partial charge in [-0.3, -0.25) is 4.79 Å². The van der Waals surface area contributed by atoms with E-state index in [-0.39, 0.29) is 11.5 Å². The van der Waals surface area contributed by atoms with Crippen LogP contribution < -0.4 is 21.1 Å². The normalized spacial score (nSPS) is 15.5. The highest BCUT2D eigenvalue weighted by Gasteiger charge is 2.19. The van der Waals surface area contributed by atoms with Gasteiger partial charge in [0.05, 0.1) is 24.6 Å². The molecule has 1 aliphatic rings. The predicted molar refractivity (Wildman–Crippen MR) is 117 cm³/mol. The molecule has 1 saturated heterocycles. The Labute approximate surface area is 177 Å². The number of morpholine rings is 1. The lowest BCUT2D eigenvalue weighted by molar-refractivity contribution is 0.121. The molecule has 1 fully saturated rings. The van der Waals surface area contributed by atoms with Gasteiger partial charge in [-0.2, -0.15) is 0 Å². The minimum absolute atomic E-state index is 0.113. The summed E-state index contributed by atoms with van der Waals surface area (Å²) in [5.74, 6) is 0.108. The lowest BCUT2D eigenvalue weighted by Gasteiger charge is -2.27. The maximum absolute atomic E-state index is 13.7. The lowest BCUT2D eigenvalue weighted by Crippen LogP contribution is -2.36. The van der Waals surface area contributed by atoms with Crippen molar-refractivity contribution in [3.05, 3.63) is 62.5 Å². The third kappa shape index (κ3) is 4.33. The smallest absolute Gasteiger partial charge is 0.200 e. The first kappa shape index (κ1) is 20.0. The lowest BCUT2D eigenvalue weighted by atomic mass is 9.95. The summed E-state index contributed by atoms with van der Waals surface area (Å²) in [6.07, 6.45) is 0.